The van der Waals surface area contributed by atoms with Crippen LogP contribution in [0, 0.1) is 26.2 Å². The van der Waals surface area contributed by atoms with E-state index in [4.69, 9.17) is 16.3 Å². The molecule has 0 bridgehead atoms. The van der Waals surface area contributed by atoms with Crippen molar-refractivity contribution < 1.29 is 14.6 Å². The van der Waals surface area contributed by atoms with E-state index >= 15 is 0 Å². The van der Waals surface area contributed by atoms with Crippen molar-refractivity contribution >= 4 is 5.97 Å². The molecule has 1 aromatic rings. The first-order valence-electron chi connectivity index (χ1n) is 4.47. The summed E-state index contributed by atoms with van der Waals surface area (Å²) in [5.74, 6) is 2.09. The molecular weight excluding hydrogens is 192 g/mol. The fourth-order valence-corrected chi connectivity index (χ4v) is 1.42. The minimum absolute atomic E-state index is 0.189. The van der Waals surface area contributed by atoms with Gasteiger partial charge in [-0.25, -0.2) is 4.79 Å². The second-order valence-electron chi connectivity index (χ2n) is 3.24. The summed E-state index contributed by atoms with van der Waals surface area (Å²) in [4.78, 5) is 10.8. The molecule has 15 heavy (non-hydrogen) atoms. The second kappa shape index (κ2) is 4.52. The maximum Gasteiger partial charge on any atom is 0.335 e. The number of carboxylic acids is 1. The lowest BCUT2D eigenvalue weighted by molar-refractivity contribution is 0.0696. The normalized spacial score (nSPS) is 9.40. The predicted octanol–water partition coefficient (Wildman–Crippen LogP) is 2.01. The number of hydrogen-bond donors (Lipinski definition) is 1. The number of aryl methyl sites for hydroxylation is 2. The smallest absolute Gasteiger partial charge is 0.335 e. The average molecular weight is 204 g/mol. The van der Waals surface area contributed by atoms with E-state index < -0.39 is 5.97 Å². The van der Waals surface area contributed by atoms with Crippen molar-refractivity contribution in [2.75, 3.05) is 6.61 Å². The van der Waals surface area contributed by atoms with Gasteiger partial charge < -0.3 is 9.84 Å². The zero-order valence-electron chi connectivity index (χ0n) is 8.70. The highest BCUT2D eigenvalue weighted by Gasteiger charge is 2.09. The summed E-state index contributed by atoms with van der Waals surface area (Å²) in [6, 6.07) is 3.14. The van der Waals surface area contributed by atoms with Crippen molar-refractivity contribution in [2.24, 2.45) is 0 Å². The monoisotopic (exact) mass is 204 g/mol. The Kier molecular flexibility index (Phi) is 3.35. The van der Waals surface area contributed by atoms with Crippen LogP contribution in [0.15, 0.2) is 12.1 Å². The Hall–Kier alpha value is -1.95. The Morgan fingerprint density at radius 3 is 2.40 bits per heavy atom. The molecule has 0 aliphatic heterocycles. The van der Waals surface area contributed by atoms with Crippen LogP contribution in [0.25, 0.3) is 0 Å². The largest absolute Gasteiger partial charge is 0.480 e. The molecule has 0 amide bonds. The topological polar surface area (TPSA) is 46.5 Å². The third-order valence-electron chi connectivity index (χ3n) is 2.01. The van der Waals surface area contributed by atoms with Gasteiger partial charge in [-0.05, 0) is 37.1 Å². The Bertz CT molecular complexity index is 404. The van der Waals surface area contributed by atoms with Gasteiger partial charge in [0.25, 0.3) is 0 Å². The number of carbonyl (C=O) groups is 1. The molecule has 0 aliphatic rings. The van der Waals surface area contributed by atoms with Gasteiger partial charge in [0, 0.05) is 0 Å². The van der Waals surface area contributed by atoms with E-state index in [9.17, 15) is 4.79 Å². The van der Waals surface area contributed by atoms with Crippen LogP contribution in [0.5, 0.6) is 5.75 Å². The lowest BCUT2D eigenvalue weighted by atomic mass is 10.1. The molecule has 0 saturated heterocycles. The molecule has 78 valence electrons. The molecule has 0 aliphatic carbocycles. The fraction of sp³-hybridized carbons (Fsp3) is 0.250. The number of rotatable bonds is 3. The summed E-state index contributed by atoms with van der Waals surface area (Å²) < 4.78 is 5.32. The van der Waals surface area contributed by atoms with Gasteiger partial charge in [0.2, 0.25) is 0 Å². The molecule has 0 unspecified atom stereocenters. The lowest BCUT2D eigenvalue weighted by Crippen LogP contribution is -2.02. The van der Waals surface area contributed by atoms with E-state index in [-0.39, 0.29) is 12.2 Å². The van der Waals surface area contributed by atoms with Crippen molar-refractivity contribution in [3.63, 3.8) is 0 Å². The Morgan fingerprint density at radius 1 is 1.47 bits per heavy atom. The van der Waals surface area contributed by atoms with Crippen LogP contribution >= 0.6 is 0 Å². The Morgan fingerprint density at radius 2 is 2.00 bits per heavy atom. The van der Waals surface area contributed by atoms with Crippen molar-refractivity contribution in [1.82, 2.24) is 0 Å². The molecular formula is C12H12O3. The molecule has 0 radical (unpaired) electrons. The van der Waals surface area contributed by atoms with Crippen molar-refractivity contribution in [2.45, 2.75) is 13.8 Å². The van der Waals surface area contributed by atoms with Gasteiger partial charge >= 0.3 is 5.97 Å². The Labute approximate surface area is 88.7 Å². The quantitative estimate of drug-likeness (QED) is 0.766. The summed E-state index contributed by atoms with van der Waals surface area (Å²) >= 11 is 0. The summed E-state index contributed by atoms with van der Waals surface area (Å²) in [5, 5.41) is 8.83. The molecule has 1 N–H and O–H groups in total. The maximum atomic E-state index is 10.8. The van der Waals surface area contributed by atoms with Crippen LogP contribution in [-0.2, 0) is 0 Å². The number of aromatic carboxylic acids is 1. The zero-order chi connectivity index (χ0) is 11.4. The van der Waals surface area contributed by atoms with Crippen LogP contribution in [0.4, 0.5) is 0 Å². The van der Waals surface area contributed by atoms with Crippen molar-refractivity contribution in [3.8, 4) is 18.1 Å². The number of benzene rings is 1. The van der Waals surface area contributed by atoms with E-state index in [0.29, 0.717) is 5.75 Å². The number of hydrogen-bond acceptors (Lipinski definition) is 2. The minimum Gasteiger partial charge on any atom is -0.480 e. The summed E-state index contributed by atoms with van der Waals surface area (Å²) in [6.45, 7) is 3.78. The molecule has 0 saturated carbocycles. The highest BCUT2D eigenvalue weighted by molar-refractivity contribution is 5.88. The highest BCUT2D eigenvalue weighted by Crippen LogP contribution is 2.24. The number of ether oxygens (including phenoxy) is 1. The van der Waals surface area contributed by atoms with Crippen molar-refractivity contribution in [1.29, 1.82) is 0 Å². The summed E-state index contributed by atoms with van der Waals surface area (Å²) in [6.07, 6.45) is 5.09. The standard InChI is InChI=1S/C12H12O3/c1-4-5-15-11-8(2)6-10(12(13)14)7-9(11)3/h1,6-7H,5H2,2-3H3,(H,13,14). The minimum atomic E-state index is -0.940. The SMILES string of the molecule is C#CCOc1c(C)cc(C(=O)O)cc1C. The van der Waals surface area contributed by atoms with Crippen LogP contribution in [-0.4, -0.2) is 17.7 Å². The molecule has 0 atom stereocenters. The molecule has 1 aromatic carbocycles. The van der Waals surface area contributed by atoms with Crippen LogP contribution in [0.2, 0.25) is 0 Å². The second-order valence-corrected chi connectivity index (χ2v) is 3.24. The van der Waals surface area contributed by atoms with Crippen LogP contribution in [0.3, 0.4) is 0 Å². The first-order valence-corrected chi connectivity index (χ1v) is 4.47. The maximum absolute atomic E-state index is 10.8. The number of carboxylic acid groups (broad SMARTS) is 1. The third-order valence-corrected chi connectivity index (χ3v) is 2.01. The molecule has 0 aromatic heterocycles. The van der Waals surface area contributed by atoms with Crippen LogP contribution < -0.4 is 4.74 Å². The van der Waals surface area contributed by atoms with E-state index in [1.54, 1.807) is 26.0 Å². The van der Waals surface area contributed by atoms with E-state index in [1.807, 2.05) is 0 Å². The molecule has 0 spiro atoms. The Balaban J connectivity index is 3.11. The van der Waals surface area contributed by atoms with Gasteiger partial charge in [0.1, 0.15) is 12.4 Å². The van der Waals surface area contributed by atoms with Gasteiger partial charge in [-0.2, -0.15) is 0 Å². The molecule has 0 fully saturated rings. The third kappa shape index (κ3) is 2.50. The van der Waals surface area contributed by atoms with E-state index in [1.165, 1.54) is 0 Å². The van der Waals surface area contributed by atoms with Gasteiger partial charge in [-0.3, -0.25) is 0 Å². The van der Waals surface area contributed by atoms with Gasteiger partial charge in [-0.1, -0.05) is 5.92 Å². The summed E-state index contributed by atoms with van der Waals surface area (Å²) in [5.41, 5.74) is 1.82. The fourth-order valence-electron chi connectivity index (χ4n) is 1.42. The zero-order valence-corrected chi connectivity index (χ0v) is 8.70. The van der Waals surface area contributed by atoms with Crippen molar-refractivity contribution in [3.05, 3.63) is 28.8 Å². The predicted molar refractivity (Wildman–Crippen MR) is 57.2 cm³/mol. The first-order chi connectivity index (χ1) is 7.06. The average Bonchev–Trinajstić information content (AvgIpc) is 2.16. The van der Waals surface area contributed by atoms with Gasteiger partial charge in [0.15, 0.2) is 0 Å². The first kappa shape index (κ1) is 11.1. The van der Waals surface area contributed by atoms with Gasteiger partial charge in [-0.15, -0.1) is 6.42 Å². The summed E-state index contributed by atoms with van der Waals surface area (Å²) in [7, 11) is 0. The lowest BCUT2D eigenvalue weighted by Gasteiger charge is -2.10. The van der Waals surface area contributed by atoms with Crippen LogP contribution in [0.1, 0.15) is 21.5 Å². The number of terminal acetylenes is 1. The molecule has 1 rings (SSSR count). The molecule has 0 heterocycles. The van der Waals surface area contributed by atoms with E-state index in [2.05, 4.69) is 5.92 Å². The van der Waals surface area contributed by atoms with Gasteiger partial charge in [0.05, 0.1) is 5.56 Å². The molecule has 3 heteroatoms. The molecule has 3 nitrogen and oxygen atoms in total. The highest BCUT2D eigenvalue weighted by atomic mass is 16.5. The van der Waals surface area contributed by atoms with E-state index in [0.717, 1.165) is 11.1 Å².